The lowest BCUT2D eigenvalue weighted by atomic mass is 10.2. The van der Waals surface area contributed by atoms with Gasteiger partial charge in [-0.1, -0.05) is 97.1 Å². The molecule has 0 atom stereocenters. The summed E-state index contributed by atoms with van der Waals surface area (Å²) in [6.45, 7) is 0. The van der Waals surface area contributed by atoms with E-state index in [-0.39, 0.29) is 31.1 Å². The SMILES string of the molecule is N#Cc1ccc(CS(=O)(OB(F)OS(=O)(Cc2ccc(C#N)cc2)(c2ccccc2)c2ccccc2)(c2ccccc2)c2ccccc2)cc1. The standard InChI is InChI=1S/C40H32BFN2O4S2/c42-41(47-49(45,37-13-5-1-6-14-37,38-15-7-2-8-16-38)31-35-25-21-33(29-43)22-26-35)48-50(46,39-17-9-3-10-18-39,40-19-11-4-12-20-40)32-36-27-23-34(30-44)24-28-36/h1-28H,31-32H2. The molecule has 0 aromatic heterocycles. The summed E-state index contributed by atoms with van der Waals surface area (Å²) in [5.74, 6) is -0.612. The minimum atomic E-state index is -4.98. The fraction of sp³-hybridized carbons (Fsp3) is 0.0500. The van der Waals surface area contributed by atoms with E-state index < -0.39 is 26.1 Å². The summed E-state index contributed by atoms with van der Waals surface area (Å²) in [6.07, 6.45) is 0. The van der Waals surface area contributed by atoms with E-state index in [0.717, 1.165) is 0 Å². The van der Waals surface area contributed by atoms with Crippen molar-refractivity contribution >= 4 is 26.1 Å². The first kappa shape index (κ1) is 34.4. The molecule has 0 saturated heterocycles. The zero-order valence-corrected chi connectivity index (χ0v) is 28.5. The number of rotatable bonds is 12. The highest BCUT2D eigenvalue weighted by Gasteiger charge is 2.49. The Hall–Kier alpha value is -5.49. The van der Waals surface area contributed by atoms with E-state index in [4.69, 9.17) is 8.20 Å². The Morgan fingerprint density at radius 2 is 0.720 bits per heavy atom. The molecule has 0 bridgehead atoms. The summed E-state index contributed by atoms with van der Waals surface area (Å²) in [5, 5.41) is 18.8. The monoisotopic (exact) mass is 698 g/mol. The average Bonchev–Trinajstić information content (AvgIpc) is 3.17. The smallest absolute Gasteiger partial charge is 0.273 e. The molecule has 0 fully saturated rings. The fourth-order valence-corrected chi connectivity index (χ4v) is 13.0. The third-order valence-corrected chi connectivity index (χ3v) is 16.2. The van der Waals surface area contributed by atoms with Crippen molar-refractivity contribution in [1.29, 1.82) is 10.5 Å². The van der Waals surface area contributed by atoms with Crippen LogP contribution in [0.1, 0.15) is 22.3 Å². The fourth-order valence-electron chi connectivity index (χ4n) is 5.97. The molecule has 50 heavy (non-hydrogen) atoms. The third-order valence-electron chi connectivity index (χ3n) is 8.46. The van der Waals surface area contributed by atoms with Crippen molar-refractivity contribution in [2.45, 2.75) is 31.1 Å². The topological polar surface area (TPSA) is 100 Å². The molecule has 0 heterocycles. The van der Waals surface area contributed by atoms with Crippen molar-refractivity contribution < 1.29 is 20.9 Å². The van der Waals surface area contributed by atoms with E-state index in [1.54, 1.807) is 170 Å². The van der Waals surface area contributed by atoms with Crippen LogP contribution in [0.2, 0.25) is 0 Å². The molecule has 0 aliphatic carbocycles. The van der Waals surface area contributed by atoms with Crippen LogP contribution >= 0.6 is 0 Å². The van der Waals surface area contributed by atoms with Gasteiger partial charge in [0.05, 0.1) is 54.4 Å². The third kappa shape index (κ3) is 6.46. The molecule has 0 aliphatic heterocycles. The van der Waals surface area contributed by atoms with Crippen LogP contribution in [-0.4, -0.2) is 15.8 Å². The van der Waals surface area contributed by atoms with Gasteiger partial charge in [-0.25, -0.2) is 0 Å². The first-order valence-electron chi connectivity index (χ1n) is 15.7. The van der Waals surface area contributed by atoms with Gasteiger partial charge in [-0.15, -0.1) is 18.7 Å². The van der Waals surface area contributed by atoms with Crippen LogP contribution in [0.15, 0.2) is 189 Å². The van der Waals surface area contributed by atoms with Crippen LogP contribution in [0, 0.1) is 22.7 Å². The zero-order valence-electron chi connectivity index (χ0n) is 26.9. The Morgan fingerprint density at radius 3 is 0.960 bits per heavy atom. The van der Waals surface area contributed by atoms with Crippen LogP contribution < -0.4 is 0 Å². The summed E-state index contributed by atoms with van der Waals surface area (Å²) in [7, 11) is -12.8. The molecule has 0 aliphatic rings. The lowest BCUT2D eigenvalue weighted by Gasteiger charge is -2.52. The van der Waals surface area contributed by atoms with E-state index in [9.17, 15) is 10.5 Å². The zero-order chi connectivity index (χ0) is 35.1. The van der Waals surface area contributed by atoms with Crippen molar-refractivity contribution in [3.8, 4) is 12.1 Å². The van der Waals surface area contributed by atoms with Gasteiger partial charge in [0.15, 0.2) is 0 Å². The van der Waals surface area contributed by atoms with Crippen LogP contribution in [0.5, 0.6) is 0 Å². The van der Waals surface area contributed by atoms with Crippen molar-refractivity contribution in [2.24, 2.45) is 0 Å². The van der Waals surface area contributed by atoms with Gasteiger partial charge in [-0.2, -0.15) is 18.9 Å². The summed E-state index contributed by atoms with van der Waals surface area (Å²) in [6, 6.07) is 50.5. The largest absolute Gasteiger partial charge is 0.720 e. The van der Waals surface area contributed by atoms with E-state index in [2.05, 4.69) is 12.1 Å². The first-order chi connectivity index (χ1) is 24.2. The molecular weight excluding hydrogens is 666 g/mol. The van der Waals surface area contributed by atoms with E-state index in [1.165, 1.54) is 0 Å². The van der Waals surface area contributed by atoms with Gasteiger partial charge >= 0.3 is 7.40 Å². The van der Waals surface area contributed by atoms with Crippen LogP contribution in [-0.2, 0) is 38.4 Å². The van der Waals surface area contributed by atoms with Crippen molar-refractivity contribution in [3.05, 3.63) is 192 Å². The highest BCUT2D eigenvalue weighted by molar-refractivity contribution is 8.17. The number of hydrogen-bond acceptors (Lipinski definition) is 6. The van der Waals surface area contributed by atoms with Gasteiger partial charge in [0.25, 0.3) is 0 Å². The summed E-state index contributed by atoms with van der Waals surface area (Å²) < 4.78 is 62.5. The van der Waals surface area contributed by atoms with Crippen LogP contribution in [0.25, 0.3) is 0 Å². The highest BCUT2D eigenvalue weighted by Crippen LogP contribution is 2.52. The Balaban J connectivity index is 1.56. The maximum atomic E-state index is 17.4. The molecule has 6 aromatic rings. The number of hydrogen-bond donors (Lipinski definition) is 0. The van der Waals surface area contributed by atoms with E-state index >= 15 is 12.7 Å². The van der Waals surface area contributed by atoms with E-state index in [0.29, 0.717) is 22.3 Å². The van der Waals surface area contributed by atoms with Gasteiger partial charge in [0.2, 0.25) is 0 Å². The van der Waals surface area contributed by atoms with Gasteiger partial charge < -0.3 is 0 Å². The first-order valence-corrected chi connectivity index (χ1v) is 19.8. The maximum Gasteiger partial charge on any atom is 0.720 e. The normalized spacial score (nSPS) is 13.0. The maximum absolute atomic E-state index is 17.4. The molecule has 6 rings (SSSR count). The molecule has 0 saturated carbocycles. The van der Waals surface area contributed by atoms with Crippen LogP contribution in [0.3, 0.4) is 0 Å². The minimum absolute atomic E-state index is 0.196. The Bertz CT molecular complexity index is 2060. The van der Waals surface area contributed by atoms with Crippen LogP contribution in [0.4, 0.5) is 4.32 Å². The van der Waals surface area contributed by atoms with Gasteiger partial charge in [-0.3, -0.25) is 12.5 Å². The van der Waals surface area contributed by atoms with Crippen molar-refractivity contribution in [3.63, 3.8) is 0 Å². The predicted molar refractivity (Wildman–Crippen MR) is 194 cm³/mol. The van der Waals surface area contributed by atoms with Gasteiger partial charge in [0.1, 0.15) is 0 Å². The van der Waals surface area contributed by atoms with Gasteiger partial charge in [0, 0.05) is 0 Å². The molecule has 0 spiro atoms. The van der Waals surface area contributed by atoms with Crippen molar-refractivity contribution in [2.75, 3.05) is 0 Å². The Morgan fingerprint density at radius 1 is 0.460 bits per heavy atom. The Kier molecular flexibility index (Phi) is 9.48. The second-order valence-corrected chi connectivity index (χ2v) is 18.6. The molecule has 0 unspecified atom stereocenters. The second kappa shape index (κ2) is 13.8. The molecule has 0 N–H and O–H groups in total. The molecule has 0 radical (unpaired) electrons. The predicted octanol–water partition coefficient (Wildman–Crippen LogP) is 8.82. The number of halogens is 1. The minimum Gasteiger partial charge on any atom is -0.273 e. The quantitative estimate of drug-likeness (QED) is 0.119. The number of nitriles is 2. The molecule has 248 valence electrons. The second-order valence-electron chi connectivity index (χ2n) is 11.7. The average molecular weight is 699 g/mol. The summed E-state index contributed by atoms with van der Waals surface area (Å²) >= 11 is 0. The summed E-state index contributed by atoms with van der Waals surface area (Å²) in [5.41, 5.74) is 1.84. The lowest BCUT2D eigenvalue weighted by molar-refractivity contribution is 0.357. The molecular formula is C40H32BFN2O4S2. The molecule has 0 amide bonds. The molecule has 6 aromatic carbocycles. The van der Waals surface area contributed by atoms with Gasteiger partial charge in [-0.05, 0) is 83.9 Å². The number of nitrogens with zero attached hydrogens (tertiary/aromatic N) is 2. The summed E-state index contributed by atoms with van der Waals surface area (Å²) in [4.78, 5) is 0.783. The molecule has 10 heteroatoms. The molecule has 6 nitrogen and oxygen atoms in total. The van der Waals surface area contributed by atoms with E-state index in [1.807, 2.05) is 0 Å². The van der Waals surface area contributed by atoms with Crippen molar-refractivity contribution in [1.82, 2.24) is 0 Å². The highest BCUT2D eigenvalue weighted by atomic mass is 32.3. The number of benzene rings is 6. The Labute approximate surface area is 291 Å². The lowest BCUT2D eigenvalue weighted by Crippen LogP contribution is -2.48.